The van der Waals surface area contributed by atoms with Crippen molar-refractivity contribution in [3.05, 3.63) is 29.3 Å². The highest BCUT2D eigenvalue weighted by atomic mass is 16.5. The molecular weight excluding hydrogens is 374 g/mol. The monoisotopic (exact) mass is 417 g/mol. The summed E-state index contributed by atoms with van der Waals surface area (Å²) < 4.78 is 5.93. The zero-order chi connectivity index (χ0) is 21.6. The van der Waals surface area contributed by atoms with E-state index in [2.05, 4.69) is 66.3 Å². The smallest absolute Gasteiger partial charge is 0.191 e. The van der Waals surface area contributed by atoms with Crippen molar-refractivity contribution in [2.75, 3.05) is 59.0 Å². The van der Waals surface area contributed by atoms with Gasteiger partial charge in [-0.1, -0.05) is 26.0 Å². The van der Waals surface area contributed by atoms with E-state index in [4.69, 9.17) is 9.73 Å². The molecule has 0 atom stereocenters. The summed E-state index contributed by atoms with van der Waals surface area (Å²) in [5, 5.41) is 6.85. The highest BCUT2D eigenvalue weighted by molar-refractivity contribution is 5.79. The summed E-state index contributed by atoms with van der Waals surface area (Å²) in [6.07, 6.45) is 3.40. The van der Waals surface area contributed by atoms with Crippen molar-refractivity contribution in [2.45, 2.75) is 53.5 Å². The lowest BCUT2D eigenvalue weighted by Gasteiger charge is -2.34. The standard InChI is InChI=1S/C24H43N5O/c1-5-18-30-23-19-21(4)10-11-22(23)20-27-24(25-6-2)26-12-8-9-13-29-16-14-28(7-3)15-17-29/h10-11,19H,5-9,12-18,20H2,1-4H3,(H2,25,26,27). The third-order valence-corrected chi connectivity index (χ3v) is 5.54. The minimum absolute atomic E-state index is 0.621. The first-order valence-corrected chi connectivity index (χ1v) is 11.9. The Morgan fingerprint density at radius 2 is 1.80 bits per heavy atom. The molecule has 6 nitrogen and oxygen atoms in total. The number of aliphatic imine (C=N–C) groups is 1. The molecule has 0 aliphatic carbocycles. The molecule has 2 N–H and O–H groups in total. The SMILES string of the molecule is CCCOc1cc(C)ccc1CN=C(NCC)NCCCCN1CCN(CC)CC1. The number of nitrogens with zero attached hydrogens (tertiary/aromatic N) is 3. The molecule has 30 heavy (non-hydrogen) atoms. The number of likely N-dealkylation sites (N-methyl/N-ethyl adjacent to an activating group) is 1. The van der Waals surface area contributed by atoms with Crippen molar-refractivity contribution in [1.29, 1.82) is 0 Å². The fraction of sp³-hybridized carbons (Fsp3) is 0.708. The number of hydrogen-bond acceptors (Lipinski definition) is 4. The molecule has 6 heteroatoms. The molecule has 0 amide bonds. The molecule has 0 radical (unpaired) electrons. The predicted molar refractivity (Wildman–Crippen MR) is 128 cm³/mol. The lowest BCUT2D eigenvalue weighted by atomic mass is 10.1. The topological polar surface area (TPSA) is 52.1 Å². The van der Waals surface area contributed by atoms with Crippen LogP contribution in [-0.2, 0) is 6.54 Å². The van der Waals surface area contributed by atoms with E-state index >= 15 is 0 Å². The van der Waals surface area contributed by atoms with Crippen molar-refractivity contribution in [1.82, 2.24) is 20.4 Å². The maximum Gasteiger partial charge on any atom is 0.191 e. The molecule has 1 aromatic rings. The average Bonchev–Trinajstić information content (AvgIpc) is 2.77. The second kappa shape index (κ2) is 14.3. The molecule has 170 valence electrons. The zero-order valence-electron chi connectivity index (χ0n) is 19.7. The van der Waals surface area contributed by atoms with Gasteiger partial charge in [0.2, 0.25) is 0 Å². The van der Waals surface area contributed by atoms with E-state index in [0.29, 0.717) is 6.54 Å². The number of unbranched alkanes of at least 4 members (excludes halogenated alkanes) is 1. The second-order valence-electron chi connectivity index (χ2n) is 8.06. The van der Waals surface area contributed by atoms with Gasteiger partial charge in [-0.15, -0.1) is 0 Å². The second-order valence-corrected chi connectivity index (χ2v) is 8.06. The first-order chi connectivity index (χ1) is 14.7. The molecular formula is C24H43N5O. The van der Waals surface area contributed by atoms with Gasteiger partial charge in [0.25, 0.3) is 0 Å². The van der Waals surface area contributed by atoms with Gasteiger partial charge in [0.1, 0.15) is 5.75 Å². The molecule has 1 fully saturated rings. The summed E-state index contributed by atoms with van der Waals surface area (Å²) in [5.41, 5.74) is 2.35. The van der Waals surface area contributed by atoms with E-state index in [1.165, 1.54) is 51.3 Å². The summed E-state index contributed by atoms with van der Waals surface area (Å²) in [4.78, 5) is 9.92. The Balaban J connectivity index is 1.75. The highest BCUT2D eigenvalue weighted by Crippen LogP contribution is 2.21. The summed E-state index contributed by atoms with van der Waals surface area (Å²) >= 11 is 0. The minimum Gasteiger partial charge on any atom is -0.493 e. The van der Waals surface area contributed by atoms with E-state index in [1.807, 2.05) is 0 Å². The van der Waals surface area contributed by atoms with Crippen LogP contribution in [0.1, 0.15) is 51.2 Å². The highest BCUT2D eigenvalue weighted by Gasteiger charge is 2.14. The zero-order valence-corrected chi connectivity index (χ0v) is 19.7. The molecule has 1 aliphatic heterocycles. The average molecular weight is 418 g/mol. The van der Waals surface area contributed by atoms with Crippen molar-refractivity contribution in [3.8, 4) is 5.75 Å². The van der Waals surface area contributed by atoms with Gasteiger partial charge in [-0.2, -0.15) is 0 Å². The largest absolute Gasteiger partial charge is 0.493 e. The summed E-state index contributed by atoms with van der Waals surface area (Å²) in [7, 11) is 0. The van der Waals surface area contributed by atoms with Gasteiger partial charge in [-0.3, -0.25) is 0 Å². The summed E-state index contributed by atoms with van der Waals surface area (Å²) in [6, 6.07) is 6.37. The van der Waals surface area contributed by atoms with Crippen LogP contribution < -0.4 is 15.4 Å². The van der Waals surface area contributed by atoms with Crippen LogP contribution in [0.3, 0.4) is 0 Å². The van der Waals surface area contributed by atoms with Crippen LogP contribution in [0.15, 0.2) is 23.2 Å². The normalized spacial score (nSPS) is 15.9. The number of hydrogen-bond donors (Lipinski definition) is 2. The van der Waals surface area contributed by atoms with E-state index in [-0.39, 0.29) is 0 Å². The number of ether oxygens (including phenoxy) is 1. The molecule has 0 spiro atoms. The Labute approximate surface area is 184 Å². The van der Waals surface area contributed by atoms with Crippen molar-refractivity contribution in [2.24, 2.45) is 4.99 Å². The van der Waals surface area contributed by atoms with Crippen molar-refractivity contribution < 1.29 is 4.74 Å². The van der Waals surface area contributed by atoms with Crippen molar-refractivity contribution in [3.63, 3.8) is 0 Å². The summed E-state index contributed by atoms with van der Waals surface area (Å²) in [5.74, 6) is 1.84. The number of aryl methyl sites for hydroxylation is 1. The van der Waals surface area contributed by atoms with Crippen LogP contribution in [0.25, 0.3) is 0 Å². The van der Waals surface area contributed by atoms with E-state index in [0.717, 1.165) is 49.8 Å². The quantitative estimate of drug-likeness (QED) is 0.311. The lowest BCUT2D eigenvalue weighted by Crippen LogP contribution is -2.46. The predicted octanol–water partition coefficient (Wildman–Crippen LogP) is 3.26. The molecule has 0 bridgehead atoms. The van der Waals surface area contributed by atoms with Gasteiger partial charge in [-0.25, -0.2) is 4.99 Å². The molecule has 0 aromatic heterocycles. The molecule has 1 saturated heterocycles. The first-order valence-electron chi connectivity index (χ1n) is 11.9. The molecule has 0 unspecified atom stereocenters. The molecule has 2 rings (SSSR count). The maximum atomic E-state index is 5.93. The van der Waals surface area contributed by atoms with E-state index in [9.17, 15) is 0 Å². The number of nitrogens with one attached hydrogen (secondary N) is 2. The van der Waals surface area contributed by atoms with E-state index < -0.39 is 0 Å². The Morgan fingerprint density at radius 1 is 1.03 bits per heavy atom. The summed E-state index contributed by atoms with van der Waals surface area (Å²) in [6.45, 7) is 19.0. The Bertz CT molecular complexity index is 626. The Hall–Kier alpha value is -1.79. The molecule has 1 heterocycles. The van der Waals surface area contributed by atoms with Crippen LogP contribution >= 0.6 is 0 Å². The van der Waals surface area contributed by atoms with Gasteiger partial charge in [-0.05, 0) is 57.8 Å². The third-order valence-electron chi connectivity index (χ3n) is 5.54. The van der Waals surface area contributed by atoms with Gasteiger partial charge >= 0.3 is 0 Å². The Morgan fingerprint density at radius 3 is 2.50 bits per heavy atom. The van der Waals surface area contributed by atoms with Crippen LogP contribution in [0.4, 0.5) is 0 Å². The molecule has 0 saturated carbocycles. The van der Waals surface area contributed by atoms with Gasteiger partial charge < -0.3 is 25.2 Å². The molecule has 1 aliphatic rings. The van der Waals surface area contributed by atoms with E-state index in [1.54, 1.807) is 0 Å². The maximum absolute atomic E-state index is 5.93. The van der Waals surface area contributed by atoms with Crippen LogP contribution in [-0.4, -0.2) is 74.7 Å². The van der Waals surface area contributed by atoms with Crippen molar-refractivity contribution >= 4 is 5.96 Å². The Kier molecular flexibility index (Phi) is 11.6. The fourth-order valence-corrected chi connectivity index (χ4v) is 3.64. The number of piperazine rings is 1. The van der Waals surface area contributed by atoms with Gasteiger partial charge in [0.15, 0.2) is 5.96 Å². The molecule has 1 aromatic carbocycles. The van der Waals surface area contributed by atoms with Crippen LogP contribution in [0.5, 0.6) is 5.75 Å². The minimum atomic E-state index is 0.621. The lowest BCUT2D eigenvalue weighted by molar-refractivity contribution is 0.136. The van der Waals surface area contributed by atoms with Crippen LogP contribution in [0, 0.1) is 6.92 Å². The fourth-order valence-electron chi connectivity index (χ4n) is 3.64. The van der Waals surface area contributed by atoms with Gasteiger partial charge in [0.05, 0.1) is 13.2 Å². The number of benzene rings is 1. The third kappa shape index (κ3) is 8.92. The number of guanidine groups is 1. The first kappa shape index (κ1) is 24.5. The van der Waals surface area contributed by atoms with Crippen LogP contribution in [0.2, 0.25) is 0 Å². The number of rotatable bonds is 12. The van der Waals surface area contributed by atoms with Gasteiger partial charge in [0, 0.05) is 44.8 Å².